The predicted octanol–water partition coefficient (Wildman–Crippen LogP) is 3.72. The molecule has 0 aliphatic heterocycles. The zero-order valence-corrected chi connectivity index (χ0v) is 11.8. The van der Waals surface area contributed by atoms with E-state index >= 15 is 0 Å². The molecule has 0 bridgehead atoms. The largest absolute Gasteiger partial charge is 0.489 e. The number of hydrogen-bond donors (Lipinski definition) is 0. The Kier molecular flexibility index (Phi) is 3.59. The van der Waals surface area contributed by atoms with Crippen LogP contribution in [0.3, 0.4) is 0 Å². The van der Waals surface area contributed by atoms with Crippen LogP contribution in [0.25, 0.3) is 0 Å². The third-order valence-corrected chi connectivity index (χ3v) is 3.46. The molecule has 0 saturated carbocycles. The summed E-state index contributed by atoms with van der Waals surface area (Å²) in [6.45, 7) is 0.0409. The number of hydrogen-bond acceptors (Lipinski definition) is 3. The first-order valence-corrected chi connectivity index (χ1v) is 6.80. The van der Waals surface area contributed by atoms with Gasteiger partial charge in [0.25, 0.3) is 0 Å². The highest BCUT2D eigenvalue weighted by Gasteiger charge is 2.25. The van der Waals surface area contributed by atoms with Crippen molar-refractivity contribution in [2.75, 3.05) is 6.61 Å². The van der Waals surface area contributed by atoms with Gasteiger partial charge in [0, 0.05) is 21.7 Å². The van der Waals surface area contributed by atoms with Crippen LogP contribution in [0.5, 0.6) is 5.75 Å². The lowest BCUT2D eigenvalue weighted by atomic mass is 9.90. The Bertz CT molecular complexity index is 762. The first-order valence-electron chi connectivity index (χ1n) is 6.42. The predicted molar refractivity (Wildman–Crippen MR) is 80.1 cm³/mol. The maximum absolute atomic E-state index is 12.3. The Labute approximate surface area is 126 Å². The van der Waals surface area contributed by atoms with Crippen molar-refractivity contribution in [3.8, 4) is 5.75 Å². The summed E-state index contributed by atoms with van der Waals surface area (Å²) in [6.07, 6.45) is 1.34. The summed E-state index contributed by atoms with van der Waals surface area (Å²) in [4.78, 5) is 24.3. The fourth-order valence-electron chi connectivity index (χ4n) is 2.20. The van der Waals surface area contributed by atoms with Gasteiger partial charge in [-0.15, -0.1) is 0 Å². The minimum Gasteiger partial charge on any atom is -0.489 e. The summed E-state index contributed by atoms with van der Waals surface area (Å²) in [5, 5.41) is 0.554. The van der Waals surface area contributed by atoms with Gasteiger partial charge in [-0.1, -0.05) is 41.9 Å². The number of ketones is 2. The van der Waals surface area contributed by atoms with E-state index in [0.29, 0.717) is 27.5 Å². The van der Waals surface area contributed by atoms with E-state index in [4.69, 9.17) is 16.3 Å². The highest BCUT2D eigenvalue weighted by Crippen LogP contribution is 2.23. The smallest absolute Gasteiger partial charge is 0.193 e. The number of carbonyl (C=O) groups excluding carboxylic acids is 2. The molecule has 21 heavy (non-hydrogen) atoms. The highest BCUT2D eigenvalue weighted by atomic mass is 35.5. The fraction of sp³-hybridized carbons (Fsp3) is 0.0588. The lowest BCUT2D eigenvalue weighted by Crippen LogP contribution is -2.20. The van der Waals surface area contributed by atoms with Gasteiger partial charge < -0.3 is 4.74 Å². The Hall–Kier alpha value is -2.39. The Morgan fingerprint density at radius 1 is 0.952 bits per heavy atom. The molecular weight excluding hydrogens is 288 g/mol. The number of halogens is 1. The van der Waals surface area contributed by atoms with Crippen LogP contribution in [0.1, 0.15) is 20.7 Å². The molecule has 0 spiro atoms. The maximum Gasteiger partial charge on any atom is 0.193 e. The quantitative estimate of drug-likeness (QED) is 0.867. The molecule has 2 aromatic rings. The highest BCUT2D eigenvalue weighted by molar-refractivity contribution is 6.30. The molecule has 2 aromatic carbocycles. The average Bonchev–Trinajstić information content (AvgIpc) is 2.50. The molecule has 0 radical (unpaired) electrons. The van der Waals surface area contributed by atoms with E-state index in [1.807, 2.05) is 0 Å². The van der Waals surface area contributed by atoms with Gasteiger partial charge in [-0.3, -0.25) is 9.59 Å². The molecule has 104 valence electrons. The van der Waals surface area contributed by atoms with Gasteiger partial charge in [-0.05, 0) is 24.3 Å². The molecule has 1 aliphatic rings. The third-order valence-electron chi connectivity index (χ3n) is 3.22. The molecule has 0 aromatic heterocycles. The molecule has 0 atom stereocenters. The number of ether oxygens (including phenoxy) is 1. The van der Waals surface area contributed by atoms with Crippen LogP contribution in [0, 0.1) is 0 Å². The zero-order chi connectivity index (χ0) is 14.8. The van der Waals surface area contributed by atoms with Gasteiger partial charge in [-0.25, -0.2) is 0 Å². The minimum absolute atomic E-state index is 0.0409. The van der Waals surface area contributed by atoms with E-state index < -0.39 is 0 Å². The van der Waals surface area contributed by atoms with Crippen molar-refractivity contribution < 1.29 is 14.3 Å². The monoisotopic (exact) mass is 298 g/mol. The second-order valence-corrected chi connectivity index (χ2v) is 5.09. The van der Waals surface area contributed by atoms with Crippen LogP contribution in [-0.4, -0.2) is 18.2 Å². The normalized spacial score (nSPS) is 13.7. The lowest BCUT2D eigenvalue weighted by molar-refractivity contribution is 0.0974. The molecule has 3 rings (SSSR count). The number of rotatable bonds is 3. The van der Waals surface area contributed by atoms with Crippen LogP contribution in [-0.2, 0) is 0 Å². The topological polar surface area (TPSA) is 43.4 Å². The molecule has 3 nitrogen and oxygen atoms in total. The SMILES string of the molecule is O=C1C=C(COc2cccc(Cl)c2)C(=O)c2ccccc21. The summed E-state index contributed by atoms with van der Waals surface area (Å²) >= 11 is 5.87. The number of carbonyl (C=O) groups is 2. The number of fused-ring (bicyclic) bond motifs is 1. The number of allylic oxidation sites excluding steroid dienone is 1. The summed E-state index contributed by atoms with van der Waals surface area (Å²) in [5.74, 6) is 0.213. The van der Waals surface area contributed by atoms with E-state index in [1.165, 1.54) is 6.08 Å². The van der Waals surface area contributed by atoms with E-state index in [0.717, 1.165) is 0 Å². The van der Waals surface area contributed by atoms with Gasteiger partial charge in [0.15, 0.2) is 11.6 Å². The molecule has 4 heteroatoms. The van der Waals surface area contributed by atoms with Crippen molar-refractivity contribution in [1.29, 1.82) is 0 Å². The minimum atomic E-state index is -0.174. The summed E-state index contributed by atoms with van der Waals surface area (Å²) in [6, 6.07) is 13.7. The summed E-state index contributed by atoms with van der Waals surface area (Å²) in [7, 11) is 0. The summed E-state index contributed by atoms with van der Waals surface area (Å²) < 4.78 is 5.53. The van der Waals surface area contributed by atoms with Gasteiger partial charge in [0.2, 0.25) is 0 Å². The van der Waals surface area contributed by atoms with E-state index in [1.54, 1.807) is 48.5 Å². The molecule has 0 heterocycles. The van der Waals surface area contributed by atoms with Crippen LogP contribution >= 0.6 is 11.6 Å². The summed E-state index contributed by atoms with van der Waals surface area (Å²) in [5.41, 5.74) is 1.21. The van der Waals surface area contributed by atoms with Crippen molar-refractivity contribution in [2.45, 2.75) is 0 Å². The van der Waals surface area contributed by atoms with Crippen LogP contribution in [0.4, 0.5) is 0 Å². The molecule has 0 N–H and O–H groups in total. The molecular formula is C17H11ClO3. The first kappa shape index (κ1) is 13.6. The Morgan fingerprint density at radius 3 is 2.48 bits per heavy atom. The Morgan fingerprint density at radius 2 is 1.71 bits per heavy atom. The van der Waals surface area contributed by atoms with Gasteiger partial charge >= 0.3 is 0 Å². The standard InChI is InChI=1S/C17H11ClO3/c18-12-4-3-5-13(9-12)21-10-11-8-16(19)14-6-1-2-7-15(14)17(11)20/h1-9H,10H2. The van der Waals surface area contributed by atoms with Crippen LogP contribution in [0.2, 0.25) is 5.02 Å². The first-order chi connectivity index (χ1) is 10.1. The van der Waals surface area contributed by atoms with Crippen molar-refractivity contribution in [3.63, 3.8) is 0 Å². The van der Waals surface area contributed by atoms with Gasteiger partial charge in [0.1, 0.15) is 12.4 Å². The molecule has 1 aliphatic carbocycles. The van der Waals surface area contributed by atoms with Crippen molar-refractivity contribution in [3.05, 3.63) is 76.3 Å². The van der Waals surface area contributed by atoms with Crippen molar-refractivity contribution in [1.82, 2.24) is 0 Å². The maximum atomic E-state index is 12.3. The number of benzene rings is 2. The van der Waals surface area contributed by atoms with E-state index in [2.05, 4.69) is 0 Å². The molecule has 0 fully saturated rings. The molecule has 0 unspecified atom stereocenters. The van der Waals surface area contributed by atoms with Gasteiger partial charge in [0.05, 0.1) is 0 Å². The van der Waals surface area contributed by atoms with Crippen LogP contribution < -0.4 is 4.74 Å². The van der Waals surface area contributed by atoms with E-state index in [-0.39, 0.29) is 18.2 Å². The third kappa shape index (κ3) is 2.73. The fourth-order valence-corrected chi connectivity index (χ4v) is 2.38. The molecule has 0 amide bonds. The van der Waals surface area contributed by atoms with Crippen LogP contribution in [0.15, 0.2) is 60.2 Å². The Balaban J connectivity index is 1.81. The second-order valence-electron chi connectivity index (χ2n) is 4.65. The van der Waals surface area contributed by atoms with Gasteiger partial charge in [-0.2, -0.15) is 0 Å². The lowest BCUT2D eigenvalue weighted by Gasteiger charge is -2.15. The number of Topliss-reactive ketones (excluding diaryl/α,β-unsaturated/α-hetero) is 1. The second kappa shape index (κ2) is 5.54. The average molecular weight is 299 g/mol. The zero-order valence-electron chi connectivity index (χ0n) is 11.0. The van der Waals surface area contributed by atoms with E-state index in [9.17, 15) is 9.59 Å². The van der Waals surface area contributed by atoms with Crippen molar-refractivity contribution >= 4 is 23.2 Å². The van der Waals surface area contributed by atoms with Crippen molar-refractivity contribution in [2.24, 2.45) is 0 Å². The molecule has 0 saturated heterocycles.